The molecule has 3 aromatic carbocycles. The van der Waals surface area contributed by atoms with E-state index in [1.165, 1.54) is 269 Å². The molecule has 4 atom stereocenters. The molecule has 12 rings (SSSR count). The Bertz CT molecular complexity index is 4540. The van der Waals surface area contributed by atoms with Crippen LogP contribution in [0.4, 0.5) is 0 Å². The maximum atomic E-state index is 7.63. The zero-order valence-corrected chi connectivity index (χ0v) is 78.4. The Kier molecular flexibility index (Phi) is 28.4. The van der Waals surface area contributed by atoms with Gasteiger partial charge in [0, 0.05) is 0 Å². The van der Waals surface area contributed by atoms with Crippen LogP contribution in [0.5, 0.6) is 5.75 Å². The van der Waals surface area contributed by atoms with Crippen LogP contribution in [0.25, 0.3) is 114 Å². The molecule has 4 unspecified atom stereocenters. The normalized spacial score (nSPS) is 13.7. The summed E-state index contributed by atoms with van der Waals surface area (Å²) in [5, 5.41) is 5.68. The third-order valence-electron chi connectivity index (χ3n) is 22.3. The van der Waals surface area contributed by atoms with Gasteiger partial charge in [0.05, 0.1) is 0 Å². The molecule has 0 radical (unpaired) electrons. The fraction of sp³-hybridized carbons (Fsp3) is 0.528. The second-order valence-electron chi connectivity index (χ2n) is 32.2. The van der Waals surface area contributed by atoms with Gasteiger partial charge in [-0.2, -0.15) is 0 Å². The van der Waals surface area contributed by atoms with E-state index in [0.717, 1.165) is 54.5 Å². The molecule has 9 aromatic heterocycles. The zero-order chi connectivity index (χ0) is 72.7. The Labute approximate surface area is 664 Å². The van der Waals surface area contributed by atoms with Gasteiger partial charge in [-0.15, -0.1) is 0 Å². The zero-order valence-electron chi connectivity index (χ0n) is 65.3. The van der Waals surface area contributed by atoms with Crippen molar-refractivity contribution in [2.45, 2.75) is 266 Å². The molecule has 0 N–H and O–H groups in total. The third kappa shape index (κ3) is 18.1. The van der Waals surface area contributed by atoms with Crippen LogP contribution in [-0.2, 0) is 25.7 Å². The van der Waals surface area contributed by atoms with Gasteiger partial charge in [-0.3, -0.25) is 0 Å². The van der Waals surface area contributed by atoms with Gasteiger partial charge in [0.25, 0.3) is 0 Å². The second-order valence-corrected chi connectivity index (χ2v) is 72.5. The van der Waals surface area contributed by atoms with Gasteiger partial charge < -0.3 is 0 Å². The number of benzene rings is 3. The minimum absolute atomic E-state index is 0.666. The standard InChI is InChI=1S/C83H100N2OS9.6CH3.2Sn/c1-11-20-25-26-27-28-43-86-79-52(10)71(69-50-63-74(67-39-35-59(91-67)48-55(18-8)31-23-14-4)80-61(41-44-87-80)72(82(63)93-69)65-37-33-57(89-65)46-53(16-6)29-21-12-2)77-78(85-95-84-77)76(79)70-51-64-75(68-40-36-60(92-68)49-56(19-9)32-24-15-5)81-62(42-45-88-81)73(83(64)94-70)66-38-34-58(90-66)47-54(17-7)30-22-13-3;;;;;;;;/h33-42,50-51,53-56H,11-32,43,46-49H2,1-10H3;6*1H3;;. The molecule has 0 amide bonds. The summed E-state index contributed by atoms with van der Waals surface area (Å²) in [6.45, 7) is 24.4. The number of ether oxygens (including phenoxy) is 1. The molecule has 0 aliphatic heterocycles. The van der Waals surface area contributed by atoms with Gasteiger partial charge in [-0.05, 0) is 0 Å². The van der Waals surface area contributed by atoms with Crippen LogP contribution in [0.15, 0.2) is 72.8 Å². The molecule has 552 valence electrons. The Morgan fingerprint density at radius 1 is 0.340 bits per heavy atom. The summed E-state index contributed by atoms with van der Waals surface area (Å²) in [4.78, 5) is 30.0. The number of nitrogens with zero attached hydrogens (tertiary/aromatic N) is 2. The predicted molar refractivity (Wildman–Crippen MR) is 481 cm³/mol. The van der Waals surface area contributed by atoms with Gasteiger partial charge in [0.15, 0.2) is 0 Å². The van der Waals surface area contributed by atoms with Crippen LogP contribution in [0, 0.1) is 30.6 Å². The van der Waals surface area contributed by atoms with E-state index in [0.29, 0.717) is 30.3 Å². The van der Waals surface area contributed by atoms with Gasteiger partial charge >= 0.3 is 605 Å². The van der Waals surface area contributed by atoms with E-state index < -0.39 is 36.8 Å². The van der Waals surface area contributed by atoms with Gasteiger partial charge in [0.1, 0.15) is 0 Å². The van der Waals surface area contributed by atoms with Gasteiger partial charge in [-0.25, -0.2) is 0 Å². The monoisotopic (exact) mass is 1760 g/mol. The van der Waals surface area contributed by atoms with Crippen molar-refractivity contribution >= 4 is 196 Å². The molecule has 9 heterocycles. The van der Waals surface area contributed by atoms with Crippen LogP contribution in [0.1, 0.15) is 229 Å². The van der Waals surface area contributed by atoms with Crippen LogP contribution < -0.4 is 10.5 Å². The molecule has 3 nitrogen and oxygen atoms in total. The van der Waals surface area contributed by atoms with Crippen molar-refractivity contribution in [1.29, 1.82) is 0 Å². The Balaban J connectivity index is 1.11. The van der Waals surface area contributed by atoms with Crippen LogP contribution >= 0.6 is 102 Å². The van der Waals surface area contributed by atoms with E-state index in [4.69, 9.17) is 13.5 Å². The minimum atomic E-state index is -2.62. The van der Waals surface area contributed by atoms with Crippen molar-refractivity contribution in [1.82, 2.24) is 8.75 Å². The average molecular weight is 1760 g/mol. The van der Waals surface area contributed by atoms with E-state index in [-0.39, 0.29) is 0 Å². The number of hydrogen-bond acceptors (Lipinski definition) is 12. The summed E-state index contributed by atoms with van der Waals surface area (Å²) in [6, 6.07) is 30.7. The summed E-state index contributed by atoms with van der Waals surface area (Å²) in [6.07, 6.45) is 32.3. The summed E-state index contributed by atoms with van der Waals surface area (Å²) in [7, 11) is 0. The molecular weight excluding hydrogens is 1640 g/mol. The molecule has 0 fully saturated rings. The number of thiophene rings is 8. The first kappa shape index (κ1) is 80.0. The fourth-order valence-electron chi connectivity index (χ4n) is 15.8. The fourth-order valence-corrected chi connectivity index (χ4v) is 36.8. The summed E-state index contributed by atoms with van der Waals surface area (Å²) in [5.74, 6) is 3.83. The Morgan fingerprint density at radius 2 is 0.660 bits per heavy atom. The van der Waals surface area contributed by atoms with E-state index in [1.54, 1.807) is 5.79 Å². The first-order valence-corrected chi connectivity index (χ1v) is 67.4. The van der Waals surface area contributed by atoms with Crippen molar-refractivity contribution in [3.8, 4) is 68.4 Å². The van der Waals surface area contributed by atoms with Crippen molar-refractivity contribution in [3.63, 3.8) is 0 Å². The number of hydrogen-bond donors (Lipinski definition) is 0. The molecule has 0 saturated heterocycles. The average Bonchev–Trinajstić information content (AvgIpc) is 1.58. The topological polar surface area (TPSA) is 35.0 Å². The van der Waals surface area contributed by atoms with Crippen molar-refractivity contribution < 1.29 is 4.74 Å². The summed E-state index contributed by atoms with van der Waals surface area (Å²) >= 11 is 12.7. The predicted octanol–water partition coefficient (Wildman–Crippen LogP) is 32.0. The molecule has 14 heteroatoms. The van der Waals surface area contributed by atoms with Crippen LogP contribution in [0.2, 0.25) is 29.6 Å². The van der Waals surface area contributed by atoms with Gasteiger partial charge in [-0.1, -0.05) is 66.7 Å². The van der Waals surface area contributed by atoms with E-state index >= 15 is 0 Å². The van der Waals surface area contributed by atoms with E-state index in [1.807, 2.05) is 22.7 Å². The molecule has 103 heavy (non-hydrogen) atoms. The number of rotatable bonds is 40. The molecule has 0 spiro atoms. The Hall–Kier alpha value is -2.48. The second kappa shape index (κ2) is 36.6. The number of aromatic nitrogens is 2. The first-order valence-electron chi connectivity index (χ1n) is 40.2. The Morgan fingerprint density at radius 3 is 1.01 bits per heavy atom. The van der Waals surface area contributed by atoms with Crippen LogP contribution in [0.3, 0.4) is 0 Å². The first-order chi connectivity index (χ1) is 49.8. The summed E-state index contributed by atoms with van der Waals surface area (Å²) < 4.78 is 27.8. The molecule has 0 aliphatic carbocycles. The molecule has 0 saturated carbocycles. The van der Waals surface area contributed by atoms with Gasteiger partial charge in [0.2, 0.25) is 0 Å². The van der Waals surface area contributed by atoms with Crippen molar-refractivity contribution in [3.05, 3.63) is 97.9 Å². The van der Waals surface area contributed by atoms with Crippen LogP contribution in [-0.4, -0.2) is 52.1 Å². The van der Waals surface area contributed by atoms with E-state index in [9.17, 15) is 0 Å². The third-order valence-corrected chi connectivity index (χ3v) is 50.8. The molecular formula is C89H118N2OS9Sn2. The number of fused-ring (bicyclic) bond motifs is 5. The SMILES string of the molecule is CCCCCCCCOc1c(C)c(-c2cc3c(-c4ccc(CC(CC)CCCC)s4)c4s[c]([Sn]([CH3])([CH3])[CH3])cc4c(-c4ccc(CC(CC)CCCC)s4)c3s2)c2nsnc2c1-c1cc2c(-c3ccc(CC(CC)CCCC)s3)c3s[c]([Sn]([CH3])([CH3])[CH3])cc3c(-c3ccc(CC(CC)CCCC)s3)c2s1. The molecule has 12 aromatic rings. The maximum absolute atomic E-state index is 7.63. The van der Waals surface area contributed by atoms with E-state index in [2.05, 4.69) is 240 Å². The quantitative estimate of drug-likeness (QED) is 0.0284. The number of unbranched alkanes of at least 4 members (excludes halogenated alkanes) is 9. The molecule has 0 bridgehead atoms. The van der Waals surface area contributed by atoms with Crippen molar-refractivity contribution in [2.24, 2.45) is 23.7 Å². The molecule has 0 aliphatic rings. The van der Waals surface area contributed by atoms with Crippen molar-refractivity contribution in [2.75, 3.05) is 6.61 Å². The summed E-state index contributed by atoms with van der Waals surface area (Å²) in [5.41, 5.74) is 11.2.